The number of hydrogen-bond acceptors (Lipinski definition) is 5. The summed E-state index contributed by atoms with van der Waals surface area (Å²) in [5.74, 6) is 0.661. The van der Waals surface area contributed by atoms with E-state index in [9.17, 15) is 10.1 Å². The third-order valence-electron chi connectivity index (χ3n) is 2.90. The van der Waals surface area contributed by atoms with E-state index in [0.29, 0.717) is 12.2 Å². The molecular formula is C15H13N3O3. The lowest BCUT2D eigenvalue weighted by molar-refractivity contribution is -0.383. The van der Waals surface area contributed by atoms with Gasteiger partial charge < -0.3 is 10.5 Å². The van der Waals surface area contributed by atoms with Gasteiger partial charge >= 0.3 is 0 Å². The average Bonchev–Trinajstić information content (AvgIpc) is 2.46. The molecule has 0 atom stereocenters. The SMILES string of the molecule is N#CCc1ccc(OCc2ccc([N+](=O)[O-])c(N)c2)cc1. The van der Waals surface area contributed by atoms with Crippen LogP contribution in [0.3, 0.4) is 0 Å². The molecule has 2 aromatic carbocycles. The van der Waals surface area contributed by atoms with Crippen molar-refractivity contribution in [2.75, 3.05) is 5.73 Å². The van der Waals surface area contributed by atoms with E-state index in [1.54, 1.807) is 18.2 Å². The molecule has 6 nitrogen and oxygen atoms in total. The van der Waals surface area contributed by atoms with Crippen LogP contribution < -0.4 is 10.5 Å². The molecule has 0 fully saturated rings. The summed E-state index contributed by atoms with van der Waals surface area (Å²) in [5.41, 5.74) is 7.29. The van der Waals surface area contributed by atoms with Crippen LogP contribution in [0.4, 0.5) is 11.4 Å². The number of benzene rings is 2. The lowest BCUT2D eigenvalue weighted by Gasteiger charge is -2.07. The molecule has 0 aliphatic rings. The lowest BCUT2D eigenvalue weighted by Crippen LogP contribution is -2.00. The number of hydrogen-bond donors (Lipinski definition) is 1. The first-order valence-electron chi connectivity index (χ1n) is 6.21. The van der Waals surface area contributed by atoms with E-state index in [1.807, 2.05) is 12.1 Å². The molecule has 2 rings (SSSR count). The Morgan fingerprint density at radius 3 is 2.43 bits per heavy atom. The van der Waals surface area contributed by atoms with Crippen molar-refractivity contribution in [2.45, 2.75) is 13.0 Å². The van der Waals surface area contributed by atoms with Crippen molar-refractivity contribution in [3.8, 4) is 11.8 Å². The average molecular weight is 283 g/mol. The van der Waals surface area contributed by atoms with Crippen molar-refractivity contribution < 1.29 is 9.66 Å². The number of nitrogens with zero attached hydrogens (tertiary/aromatic N) is 2. The van der Waals surface area contributed by atoms with E-state index in [1.165, 1.54) is 12.1 Å². The number of rotatable bonds is 5. The van der Waals surface area contributed by atoms with E-state index in [2.05, 4.69) is 6.07 Å². The molecule has 0 spiro atoms. The molecule has 0 radical (unpaired) electrons. The second kappa shape index (κ2) is 6.39. The summed E-state index contributed by atoms with van der Waals surface area (Å²) in [5, 5.41) is 19.3. The van der Waals surface area contributed by atoms with Crippen molar-refractivity contribution in [1.82, 2.24) is 0 Å². The first kappa shape index (κ1) is 14.3. The smallest absolute Gasteiger partial charge is 0.292 e. The van der Waals surface area contributed by atoms with Gasteiger partial charge in [0.05, 0.1) is 17.4 Å². The zero-order valence-electron chi connectivity index (χ0n) is 11.2. The molecule has 0 aliphatic carbocycles. The molecular weight excluding hydrogens is 270 g/mol. The molecule has 0 saturated carbocycles. The summed E-state index contributed by atoms with van der Waals surface area (Å²) in [6.45, 7) is 0.264. The highest BCUT2D eigenvalue weighted by atomic mass is 16.6. The van der Waals surface area contributed by atoms with Gasteiger partial charge in [0.1, 0.15) is 18.0 Å². The van der Waals surface area contributed by atoms with E-state index in [4.69, 9.17) is 15.7 Å². The Morgan fingerprint density at radius 2 is 1.86 bits per heavy atom. The van der Waals surface area contributed by atoms with E-state index in [0.717, 1.165) is 11.1 Å². The van der Waals surface area contributed by atoms with E-state index < -0.39 is 4.92 Å². The fourth-order valence-corrected chi connectivity index (χ4v) is 1.82. The van der Waals surface area contributed by atoms with Gasteiger partial charge in [-0.3, -0.25) is 10.1 Å². The normalized spacial score (nSPS) is 9.86. The van der Waals surface area contributed by atoms with Crippen molar-refractivity contribution in [1.29, 1.82) is 5.26 Å². The summed E-state index contributed by atoms with van der Waals surface area (Å²) in [6, 6.07) is 13.8. The van der Waals surface area contributed by atoms with Crippen LogP contribution in [0.15, 0.2) is 42.5 Å². The second-order valence-corrected chi connectivity index (χ2v) is 4.42. The highest BCUT2D eigenvalue weighted by molar-refractivity contribution is 5.59. The molecule has 0 aromatic heterocycles. The van der Waals surface area contributed by atoms with Crippen LogP contribution in [0.2, 0.25) is 0 Å². The van der Waals surface area contributed by atoms with Gasteiger partial charge in [0.25, 0.3) is 5.69 Å². The number of nitro groups is 1. The van der Waals surface area contributed by atoms with Gasteiger partial charge in [-0.2, -0.15) is 5.26 Å². The zero-order chi connectivity index (χ0) is 15.2. The van der Waals surface area contributed by atoms with Crippen LogP contribution in [0, 0.1) is 21.4 Å². The minimum Gasteiger partial charge on any atom is -0.489 e. The zero-order valence-corrected chi connectivity index (χ0v) is 11.2. The summed E-state index contributed by atoms with van der Waals surface area (Å²) in [7, 11) is 0. The number of nitrogen functional groups attached to an aromatic ring is 1. The Balaban J connectivity index is 2.01. The summed E-state index contributed by atoms with van der Waals surface area (Å²) in [6.07, 6.45) is 0.360. The summed E-state index contributed by atoms with van der Waals surface area (Å²) >= 11 is 0. The van der Waals surface area contributed by atoms with Crippen molar-refractivity contribution >= 4 is 11.4 Å². The fourth-order valence-electron chi connectivity index (χ4n) is 1.82. The first-order valence-corrected chi connectivity index (χ1v) is 6.21. The van der Waals surface area contributed by atoms with Crippen molar-refractivity contribution in [3.05, 3.63) is 63.7 Å². The van der Waals surface area contributed by atoms with Gasteiger partial charge in [0.15, 0.2) is 0 Å². The Hall–Kier alpha value is -3.07. The van der Waals surface area contributed by atoms with Crippen LogP contribution in [0.25, 0.3) is 0 Å². The first-order chi connectivity index (χ1) is 10.1. The topological polar surface area (TPSA) is 102 Å². The fraction of sp³-hybridized carbons (Fsp3) is 0.133. The lowest BCUT2D eigenvalue weighted by atomic mass is 10.1. The van der Waals surface area contributed by atoms with Gasteiger partial charge in [-0.1, -0.05) is 12.1 Å². The third-order valence-corrected chi connectivity index (χ3v) is 2.90. The van der Waals surface area contributed by atoms with Gasteiger partial charge in [0, 0.05) is 6.07 Å². The van der Waals surface area contributed by atoms with Crippen LogP contribution in [-0.4, -0.2) is 4.92 Å². The highest BCUT2D eigenvalue weighted by Gasteiger charge is 2.11. The van der Waals surface area contributed by atoms with Gasteiger partial charge in [-0.25, -0.2) is 0 Å². The Kier molecular flexibility index (Phi) is 4.36. The maximum Gasteiger partial charge on any atom is 0.292 e. The van der Waals surface area contributed by atoms with Crippen LogP contribution >= 0.6 is 0 Å². The molecule has 0 bridgehead atoms. The van der Waals surface area contributed by atoms with Crippen LogP contribution in [0.5, 0.6) is 5.75 Å². The van der Waals surface area contributed by atoms with Crippen LogP contribution in [-0.2, 0) is 13.0 Å². The summed E-state index contributed by atoms with van der Waals surface area (Å²) in [4.78, 5) is 10.1. The number of anilines is 1. The number of ether oxygens (including phenoxy) is 1. The number of nitrogens with two attached hydrogens (primary N) is 1. The molecule has 21 heavy (non-hydrogen) atoms. The van der Waals surface area contributed by atoms with Crippen molar-refractivity contribution in [2.24, 2.45) is 0 Å². The van der Waals surface area contributed by atoms with Gasteiger partial charge in [-0.05, 0) is 35.4 Å². The van der Waals surface area contributed by atoms with Gasteiger partial charge in [-0.15, -0.1) is 0 Å². The molecule has 0 amide bonds. The maximum atomic E-state index is 10.7. The molecule has 0 saturated heterocycles. The molecule has 2 aromatic rings. The van der Waals surface area contributed by atoms with E-state index >= 15 is 0 Å². The molecule has 0 unspecified atom stereocenters. The van der Waals surface area contributed by atoms with Crippen molar-refractivity contribution in [3.63, 3.8) is 0 Å². The highest BCUT2D eigenvalue weighted by Crippen LogP contribution is 2.23. The van der Waals surface area contributed by atoms with Gasteiger partial charge in [0.2, 0.25) is 0 Å². The third kappa shape index (κ3) is 3.70. The Morgan fingerprint density at radius 1 is 1.19 bits per heavy atom. The number of nitro benzene ring substituents is 1. The molecule has 0 heterocycles. The molecule has 106 valence electrons. The Bertz CT molecular complexity index is 690. The minimum atomic E-state index is -0.520. The monoisotopic (exact) mass is 283 g/mol. The maximum absolute atomic E-state index is 10.7. The Labute approximate surface area is 121 Å². The molecule has 0 aliphatic heterocycles. The predicted molar refractivity (Wildman–Crippen MR) is 77.6 cm³/mol. The van der Waals surface area contributed by atoms with E-state index in [-0.39, 0.29) is 18.0 Å². The largest absolute Gasteiger partial charge is 0.489 e. The predicted octanol–water partition coefficient (Wildman–Crippen LogP) is 2.82. The van der Waals surface area contributed by atoms with Crippen LogP contribution in [0.1, 0.15) is 11.1 Å². The second-order valence-electron chi connectivity index (χ2n) is 4.42. The quantitative estimate of drug-likeness (QED) is 0.516. The molecule has 6 heteroatoms. The minimum absolute atomic E-state index is 0.111. The number of nitriles is 1. The standard InChI is InChI=1S/C15H13N3O3/c16-8-7-11-1-4-13(5-2-11)21-10-12-3-6-15(18(19)20)14(17)9-12/h1-6,9H,7,10,17H2. The summed E-state index contributed by atoms with van der Waals surface area (Å²) < 4.78 is 5.57. The molecule has 2 N–H and O–H groups in total.